The standard InChI is InChI=1S/C11H23N3O2.ClH/c1-4-9(3)14-10(15)5-6-13-11(16)8(2)7-12;/h8-9H,4-7,12H2,1-3H3,(H,13,16)(H,14,15);1H. The first-order chi connectivity index (χ1) is 7.51. The maximum Gasteiger partial charge on any atom is 0.224 e. The van der Waals surface area contributed by atoms with Gasteiger partial charge in [-0.25, -0.2) is 0 Å². The van der Waals surface area contributed by atoms with Gasteiger partial charge in [-0.3, -0.25) is 9.59 Å². The van der Waals surface area contributed by atoms with E-state index in [9.17, 15) is 9.59 Å². The third-order valence-corrected chi connectivity index (χ3v) is 2.47. The Bertz CT molecular complexity index is 237. The Kier molecular flexibility index (Phi) is 11.3. The zero-order valence-corrected chi connectivity index (χ0v) is 11.6. The third kappa shape index (κ3) is 8.94. The molecule has 2 unspecified atom stereocenters. The zero-order valence-electron chi connectivity index (χ0n) is 10.8. The predicted molar refractivity (Wildman–Crippen MR) is 71.0 cm³/mol. The van der Waals surface area contributed by atoms with Crippen molar-refractivity contribution in [3.63, 3.8) is 0 Å². The van der Waals surface area contributed by atoms with E-state index in [-0.39, 0.29) is 36.2 Å². The normalized spacial score (nSPS) is 13.2. The van der Waals surface area contributed by atoms with E-state index in [1.807, 2.05) is 13.8 Å². The highest BCUT2D eigenvalue weighted by molar-refractivity contribution is 5.85. The summed E-state index contributed by atoms with van der Waals surface area (Å²) in [6.07, 6.45) is 1.22. The number of carbonyl (C=O) groups excluding carboxylic acids is 2. The topological polar surface area (TPSA) is 84.2 Å². The van der Waals surface area contributed by atoms with Gasteiger partial charge >= 0.3 is 0 Å². The van der Waals surface area contributed by atoms with E-state index >= 15 is 0 Å². The van der Waals surface area contributed by atoms with Gasteiger partial charge in [-0.1, -0.05) is 13.8 Å². The lowest BCUT2D eigenvalue weighted by molar-refractivity contribution is -0.124. The highest BCUT2D eigenvalue weighted by atomic mass is 35.5. The second kappa shape index (κ2) is 10.4. The molecule has 0 aliphatic heterocycles. The lowest BCUT2D eigenvalue weighted by Gasteiger charge is -2.12. The fourth-order valence-electron chi connectivity index (χ4n) is 1.03. The van der Waals surface area contributed by atoms with Gasteiger partial charge in [0.25, 0.3) is 0 Å². The summed E-state index contributed by atoms with van der Waals surface area (Å²) in [5.74, 6) is -0.327. The summed E-state index contributed by atoms with van der Waals surface area (Å²) in [6, 6.07) is 0.186. The molecular weight excluding hydrogens is 242 g/mol. The molecule has 2 amide bonds. The van der Waals surface area contributed by atoms with E-state index < -0.39 is 0 Å². The molecule has 0 bridgehead atoms. The smallest absolute Gasteiger partial charge is 0.224 e. The number of nitrogens with one attached hydrogen (secondary N) is 2. The molecule has 0 aliphatic rings. The third-order valence-electron chi connectivity index (χ3n) is 2.47. The molecule has 102 valence electrons. The summed E-state index contributed by atoms with van der Waals surface area (Å²) in [6.45, 7) is 6.41. The van der Waals surface area contributed by atoms with Crippen LogP contribution in [0.5, 0.6) is 0 Å². The molecule has 2 atom stereocenters. The lowest BCUT2D eigenvalue weighted by atomic mass is 10.1. The Hall–Kier alpha value is -0.810. The number of carbonyl (C=O) groups is 2. The van der Waals surface area contributed by atoms with E-state index in [0.29, 0.717) is 19.5 Å². The molecule has 0 heterocycles. The van der Waals surface area contributed by atoms with Gasteiger partial charge in [-0.15, -0.1) is 12.4 Å². The van der Waals surface area contributed by atoms with E-state index in [1.165, 1.54) is 0 Å². The van der Waals surface area contributed by atoms with Crippen LogP contribution in [0.4, 0.5) is 0 Å². The van der Waals surface area contributed by atoms with E-state index in [1.54, 1.807) is 6.92 Å². The fourth-order valence-corrected chi connectivity index (χ4v) is 1.03. The van der Waals surface area contributed by atoms with Gasteiger partial charge in [-0.2, -0.15) is 0 Å². The van der Waals surface area contributed by atoms with Crippen LogP contribution >= 0.6 is 12.4 Å². The summed E-state index contributed by atoms with van der Waals surface area (Å²) in [4.78, 5) is 22.7. The van der Waals surface area contributed by atoms with Crippen LogP contribution in [0.3, 0.4) is 0 Å². The highest BCUT2D eigenvalue weighted by Gasteiger charge is 2.11. The summed E-state index contributed by atoms with van der Waals surface area (Å²) in [5, 5.41) is 5.51. The molecule has 0 aromatic heterocycles. The minimum absolute atomic E-state index is 0. The second-order valence-corrected chi connectivity index (χ2v) is 4.05. The Morgan fingerprint density at radius 3 is 2.35 bits per heavy atom. The molecule has 4 N–H and O–H groups in total. The minimum atomic E-state index is -0.197. The number of halogens is 1. The van der Waals surface area contributed by atoms with Gasteiger partial charge in [0.1, 0.15) is 0 Å². The Morgan fingerprint density at radius 2 is 1.88 bits per heavy atom. The summed E-state index contributed by atoms with van der Waals surface area (Å²) in [5.41, 5.74) is 5.35. The number of nitrogens with two attached hydrogens (primary N) is 1. The Morgan fingerprint density at radius 1 is 1.29 bits per heavy atom. The van der Waals surface area contributed by atoms with E-state index in [0.717, 1.165) is 6.42 Å². The quantitative estimate of drug-likeness (QED) is 0.624. The highest BCUT2D eigenvalue weighted by Crippen LogP contribution is 1.92. The van der Waals surface area contributed by atoms with Crippen LogP contribution in [0.1, 0.15) is 33.6 Å². The molecule has 0 aliphatic carbocycles. The van der Waals surface area contributed by atoms with Gasteiger partial charge in [0.15, 0.2) is 0 Å². The molecule has 0 rings (SSSR count). The summed E-state index contributed by atoms with van der Waals surface area (Å²) < 4.78 is 0. The minimum Gasteiger partial charge on any atom is -0.355 e. The van der Waals surface area contributed by atoms with Crippen molar-refractivity contribution < 1.29 is 9.59 Å². The average Bonchev–Trinajstić information content (AvgIpc) is 2.27. The molecule has 0 aromatic carbocycles. The number of hydrogen-bond donors (Lipinski definition) is 3. The van der Waals surface area contributed by atoms with Crippen molar-refractivity contribution in [1.29, 1.82) is 0 Å². The Balaban J connectivity index is 0. The first-order valence-corrected chi connectivity index (χ1v) is 5.78. The van der Waals surface area contributed by atoms with Gasteiger partial charge in [0, 0.05) is 31.5 Å². The van der Waals surface area contributed by atoms with Crippen LogP contribution in [0, 0.1) is 5.92 Å². The molecule has 5 nitrogen and oxygen atoms in total. The number of rotatable bonds is 7. The maximum atomic E-state index is 11.3. The molecule has 0 fully saturated rings. The van der Waals surface area contributed by atoms with Gasteiger partial charge < -0.3 is 16.4 Å². The van der Waals surface area contributed by atoms with Crippen molar-refractivity contribution >= 4 is 24.2 Å². The van der Waals surface area contributed by atoms with Gasteiger partial charge in [0.05, 0.1) is 0 Å². The molecule has 0 saturated carbocycles. The monoisotopic (exact) mass is 265 g/mol. The molecule has 0 saturated heterocycles. The summed E-state index contributed by atoms with van der Waals surface area (Å²) in [7, 11) is 0. The summed E-state index contributed by atoms with van der Waals surface area (Å²) >= 11 is 0. The van der Waals surface area contributed by atoms with Crippen LogP contribution in [-0.4, -0.2) is 30.9 Å². The van der Waals surface area contributed by atoms with Crippen molar-refractivity contribution in [2.24, 2.45) is 11.7 Å². The SMILES string of the molecule is CCC(C)NC(=O)CCNC(=O)C(C)CN.Cl. The second-order valence-electron chi connectivity index (χ2n) is 4.05. The lowest BCUT2D eigenvalue weighted by Crippen LogP contribution is -2.37. The Labute approximate surface area is 109 Å². The molecule has 0 radical (unpaired) electrons. The zero-order chi connectivity index (χ0) is 12.6. The van der Waals surface area contributed by atoms with Gasteiger partial charge in [-0.05, 0) is 13.3 Å². The first-order valence-electron chi connectivity index (χ1n) is 5.78. The van der Waals surface area contributed by atoms with Crippen molar-refractivity contribution in [2.45, 2.75) is 39.7 Å². The molecular formula is C11H24ClN3O2. The largest absolute Gasteiger partial charge is 0.355 e. The van der Waals surface area contributed by atoms with Gasteiger partial charge in [0.2, 0.25) is 11.8 Å². The molecule has 0 aromatic rings. The average molecular weight is 266 g/mol. The number of amides is 2. The molecule has 6 heteroatoms. The van der Waals surface area contributed by atoms with Crippen molar-refractivity contribution in [2.75, 3.05) is 13.1 Å². The van der Waals surface area contributed by atoms with Crippen molar-refractivity contribution in [1.82, 2.24) is 10.6 Å². The van der Waals surface area contributed by atoms with Crippen LogP contribution in [0.2, 0.25) is 0 Å². The number of hydrogen-bond acceptors (Lipinski definition) is 3. The fraction of sp³-hybridized carbons (Fsp3) is 0.818. The van der Waals surface area contributed by atoms with Crippen LogP contribution < -0.4 is 16.4 Å². The maximum absolute atomic E-state index is 11.3. The molecule has 0 spiro atoms. The first kappa shape index (κ1) is 18.6. The van der Waals surface area contributed by atoms with E-state index in [2.05, 4.69) is 10.6 Å². The van der Waals surface area contributed by atoms with Crippen LogP contribution in [0.15, 0.2) is 0 Å². The van der Waals surface area contributed by atoms with Crippen molar-refractivity contribution in [3.8, 4) is 0 Å². The van der Waals surface area contributed by atoms with Crippen LogP contribution in [-0.2, 0) is 9.59 Å². The predicted octanol–water partition coefficient (Wildman–Crippen LogP) is 0.424. The van der Waals surface area contributed by atoms with Crippen molar-refractivity contribution in [3.05, 3.63) is 0 Å². The molecule has 17 heavy (non-hydrogen) atoms. The van der Waals surface area contributed by atoms with Crippen LogP contribution in [0.25, 0.3) is 0 Å². The van der Waals surface area contributed by atoms with E-state index in [4.69, 9.17) is 5.73 Å².